The topological polar surface area (TPSA) is 46.5 Å². The van der Waals surface area contributed by atoms with Crippen molar-refractivity contribution < 1.29 is 14.6 Å². The minimum absolute atomic E-state index is 0.0955. The molecule has 0 amide bonds. The Morgan fingerprint density at radius 1 is 1.07 bits per heavy atom. The molecule has 3 heteroatoms. The molecule has 4 aliphatic carbocycles. The Labute approximate surface area is 168 Å². The summed E-state index contributed by atoms with van der Waals surface area (Å²) in [5.74, 6) is 2.63. The maximum atomic E-state index is 12.8. The zero-order chi connectivity index (χ0) is 19.3. The number of phenols is 1. The van der Waals surface area contributed by atoms with Crippen LogP contribution in [0.25, 0.3) is 0 Å². The van der Waals surface area contributed by atoms with E-state index in [1.807, 2.05) is 12.1 Å². The second-order valence-corrected chi connectivity index (χ2v) is 10.2. The van der Waals surface area contributed by atoms with Gasteiger partial charge in [-0.2, -0.15) is 0 Å². The van der Waals surface area contributed by atoms with E-state index in [1.54, 1.807) is 0 Å². The summed E-state index contributed by atoms with van der Waals surface area (Å²) in [6.07, 6.45) is 12.7. The lowest BCUT2D eigenvalue weighted by atomic mass is 9.55. The van der Waals surface area contributed by atoms with E-state index >= 15 is 0 Å². The summed E-state index contributed by atoms with van der Waals surface area (Å²) in [6.45, 7) is 2.41. The lowest BCUT2D eigenvalue weighted by Gasteiger charge is -2.50. The van der Waals surface area contributed by atoms with Gasteiger partial charge in [-0.15, -0.1) is 0 Å². The van der Waals surface area contributed by atoms with Crippen LogP contribution >= 0.6 is 0 Å². The minimum atomic E-state index is 0.0955. The number of hydrogen-bond acceptors (Lipinski definition) is 3. The number of aromatic hydroxyl groups is 1. The molecule has 0 radical (unpaired) electrons. The van der Waals surface area contributed by atoms with Gasteiger partial charge in [-0.05, 0) is 92.4 Å². The number of ether oxygens (including phenoxy) is 1. The minimum Gasteiger partial charge on any atom is -0.508 e. The van der Waals surface area contributed by atoms with E-state index in [0.717, 1.165) is 32.1 Å². The highest BCUT2D eigenvalue weighted by molar-refractivity contribution is 5.72. The van der Waals surface area contributed by atoms with Crippen LogP contribution in [0.1, 0.15) is 88.2 Å². The van der Waals surface area contributed by atoms with Gasteiger partial charge >= 0.3 is 5.97 Å². The second kappa shape index (κ2) is 7.07. The molecule has 0 aliphatic heterocycles. The summed E-state index contributed by atoms with van der Waals surface area (Å²) in [6, 6.07) is 6.00. The van der Waals surface area contributed by atoms with Gasteiger partial charge in [0.15, 0.2) is 0 Å². The Kier molecular flexibility index (Phi) is 4.68. The molecular formula is C25H34O3. The molecule has 1 aromatic rings. The van der Waals surface area contributed by atoms with Gasteiger partial charge in [0.2, 0.25) is 0 Å². The van der Waals surface area contributed by atoms with Gasteiger partial charge in [-0.1, -0.05) is 32.3 Å². The predicted molar refractivity (Wildman–Crippen MR) is 109 cm³/mol. The lowest BCUT2D eigenvalue weighted by Crippen LogP contribution is -2.45. The molecule has 0 saturated heterocycles. The molecule has 0 aromatic heterocycles. The average Bonchev–Trinajstić information content (AvgIpc) is 3.04. The smallest absolute Gasteiger partial charge is 0.309 e. The van der Waals surface area contributed by atoms with Crippen molar-refractivity contribution in [3.8, 4) is 5.75 Å². The summed E-state index contributed by atoms with van der Waals surface area (Å²) >= 11 is 0. The molecule has 1 aromatic carbocycles. The third kappa shape index (κ3) is 2.97. The number of benzene rings is 1. The fourth-order valence-electron chi connectivity index (χ4n) is 7.29. The molecule has 5 atom stereocenters. The molecule has 28 heavy (non-hydrogen) atoms. The van der Waals surface area contributed by atoms with E-state index in [9.17, 15) is 9.90 Å². The number of carbonyl (C=O) groups excluding carboxylic acids is 1. The molecule has 0 bridgehead atoms. The molecule has 0 spiro atoms. The molecule has 0 heterocycles. The number of fused-ring (bicyclic) bond motifs is 5. The monoisotopic (exact) mass is 382 g/mol. The highest BCUT2D eigenvalue weighted by atomic mass is 16.5. The Bertz CT molecular complexity index is 750. The van der Waals surface area contributed by atoms with Crippen LogP contribution in [-0.2, 0) is 16.0 Å². The number of carbonyl (C=O) groups is 1. The molecule has 152 valence electrons. The lowest BCUT2D eigenvalue weighted by molar-refractivity contribution is -0.163. The zero-order valence-corrected chi connectivity index (χ0v) is 17.2. The Morgan fingerprint density at radius 2 is 1.89 bits per heavy atom. The number of aryl methyl sites for hydroxylation is 1. The van der Waals surface area contributed by atoms with Gasteiger partial charge < -0.3 is 9.84 Å². The van der Waals surface area contributed by atoms with Gasteiger partial charge in [0.25, 0.3) is 0 Å². The van der Waals surface area contributed by atoms with Gasteiger partial charge in [-0.25, -0.2) is 0 Å². The van der Waals surface area contributed by atoms with Crippen molar-refractivity contribution in [3.63, 3.8) is 0 Å². The third-order valence-electron chi connectivity index (χ3n) is 8.82. The molecule has 4 aliphatic rings. The maximum Gasteiger partial charge on any atom is 0.309 e. The SMILES string of the molecule is C[C@]12CC[C@@H]3c4ccc(O)cc4CC[C@H]3[C@@H]1CCC2OC(=O)C1CCCCC1. The van der Waals surface area contributed by atoms with Crippen LogP contribution in [-0.4, -0.2) is 17.2 Å². The Morgan fingerprint density at radius 3 is 2.71 bits per heavy atom. The number of rotatable bonds is 2. The van der Waals surface area contributed by atoms with Crippen LogP contribution in [0.3, 0.4) is 0 Å². The van der Waals surface area contributed by atoms with E-state index in [4.69, 9.17) is 4.74 Å². The normalized spacial score (nSPS) is 37.6. The van der Waals surface area contributed by atoms with E-state index in [0.29, 0.717) is 23.5 Å². The number of phenolic OH excluding ortho intramolecular Hbond substituents is 1. The van der Waals surface area contributed by atoms with Crippen molar-refractivity contribution in [1.82, 2.24) is 0 Å². The summed E-state index contributed by atoms with van der Waals surface area (Å²) < 4.78 is 6.22. The summed E-state index contributed by atoms with van der Waals surface area (Å²) in [7, 11) is 0. The quantitative estimate of drug-likeness (QED) is 0.663. The van der Waals surface area contributed by atoms with Crippen LogP contribution in [0, 0.1) is 23.2 Å². The van der Waals surface area contributed by atoms with Crippen LogP contribution in [0.4, 0.5) is 0 Å². The first-order valence-corrected chi connectivity index (χ1v) is 11.6. The largest absolute Gasteiger partial charge is 0.508 e. The van der Waals surface area contributed by atoms with Crippen LogP contribution in [0.5, 0.6) is 5.75 Å². The maximum absolute atomic E-state index is 12.8. The summed E-state index contributed by atoms with van der Waals surface area (Å²) in [5.41, 5.74) is 2.97. The molecule has 5 rings (SSSR count). The predicted octanol–water partition coefficient (Wildman–Crippen LogP) is 5.74. The van der Waals surface area contributed by atoms with Crippen molar-refractivity contribution in [2.75, 3.05) is 0 Å². The fourth-order valence-corrected chi connectivity index (χ4v) is 7.29. The fraction of sp³-hybridized carbons (Fsp3) is 0.720. The summed E-state index contributed by atoms with van der Waals surface area (Å²) in [5, 5.41) is 9.85. The molecule has 3 fully saturated rings. The Balaban J connectivity index is 1.33. The van der Waals surface area contributed by atoms with E-state index in [2.05, 4.69) is 13.0 Å². The molecular weight excluding hydrogens is 348 g/mol. The van der Waals surface area contributed by atoms with Gasteiger partial charge in [0, 0.05) is 5.41 Å². The van der Waals surface area contributed by atoms with E-state index in [-0.39, 0.29) is 23.4 Å². The molecule has 1 unspecified atom stereocenters. The van der Waals surface area contributed by atoms with Crippen molar-refractivity contribution in [2.45, 2.75) is 89.6 Å². The van der Waals surface area contributed by atoms with Crippen LogP contribution in [0.2, 0.25) is 0 Å². The number of hydrogen-bond donors (Lipinski definition) is 1. The highest BCUT2D eigenvalue weighted by Gasteiger charge is 2.56. The average molecular weight is 383 g/mol. The van der Waals surface area contributed by atoms with E-state index < -0.39 is 0 Å². The van der Waals surface area contributed by atoms with Gasteiger partial charge in [0.1, 0.15) is 11.9 Å². The van der Waals surface area contributed by atoms with E-state index in [1.165, 1.54) is 49.7 Å². The Hall–Kier alpha value is -1.51. The summed E-state index contributed by atoms with van der Waals surface area (Å²) in [4.78, 5) is 12.8. The zero-order valence-electron chi connectivity index (χ0n) is 17.2. The van der Waals surface area contributed by atoms with Crippen molar-refractivity contribution >= 4 is 5.97 Å². The van der Waals surface area contributed by atoms with Gasteiger partial charge in [0.05, 0.1) is 5.92 Å². The van der Waals surface area contributed by atoms with Crippen molar-refractivity contribution in [2.24, 2.45) is 23.2 Å². The highest BCUT2D eigenvalue weighted by Crippen LogP contribution is 2.61. The molecule has 1 N–H and O–H groups in total. The first-order valence-electron chi connectivity index (χ1n) is 11.6. The first-order chi connectivity index (χ1) is 13.6. The third-order valence-corrected chi connectivity index (χ3v) is 8.82. The van der Waals surface area contributed by atoms with Crippen molar-refractivity contribution in [3.05, 3.63) is 29.3 Å². The second-order valence-electron chi connectivity index (χ2n) is 10.2. The van der Waals surface area contributed by atoms with Crippen LogP contribution < -0.4 is 0 Å². The first kappa shape index (κ1) is 18.5. The van der Waals surface area contributed by atoms with Gasteiger partial charge in [-0.3, -0.25) is 4.79 Å². The van der Waals surface area contributed by atoms with Crippen LogP contribution in [0.15, 0.2) is 18.2 Å². The molecule has 3 nitrogen and oxygen atoms in total. The molecule has 3 saturated carbocycles. The van der Waals surface area contributed by atoms with Crippen molar-refractivity contribution in [1.29, 1.82) is 0 Å². The number of esters is 1. The standard InChI is InChI=1S/C25H34O3/c1-25-14-13-20-19-10-8-18(26)15-17(19)7-9-21(20)22(25)11-12-23(25)28-24(27)16-5-3-2-4-6-16/h8,10,15-16,20-23,26H,2-7,9,11-14H2,1H3/t20-,21-,22+,23?,25+/m1/s1.